The molecule has 0 heterocycles. The van der Waals surface area contributed by atoms with Gasteiger partial charge in [-0.2, -0.15) is 0 Å². The first-order valence-electron chi connectivity index (χ1n) is 11.5. The van der Waals surface area contributed by atoms with Crippen molar-refractivity contribution >= 4 is 6.09 Å². The molecule has 5 heteroatoms. The number of amides is 1. The largest absolute Gasteiger partial charge is 0.465 e. The van der Waals surface area contributed by atoms with Gasteiger partial charge in [0.15, 0.2) is 0 Å². The van der Waals surface area contributed by atoms with Crippen LogP contribution >= 0.6 is 0 Å². The first-order valence-corrected chi connectivity index (χ1v) is 11.5. The predicted molar refractivity (Wildman–Crippen MR) is 108 cm³/mol. The van der Waals surface area contributed by atoms with Gasteiger partial charge in [-0.1, -0.05) is 33.6 Å². The molecule has 4 saturated carbocycles. The van der Waals surface area contributed by atoms with Gasteiger partial charge in [0.05, 0.1) is 12.2 Å². The van der Waals surface area contributed by atoms with Crippen molar-refractivity contribution in [1.82, 2.24) is 5.32 Å². The number of carboxylic acid groups (broad SMARTS) is 1. The molecule has 5 nitrogen and oxygen atoms in total. The fraction of sp³-hybridized carbons (Fsp3) is 0.957. The summed E-state index contributed by atoms with van der Waals surface area (Å²) in [5.41, 5.74) is 0.302. The van der Waals surface area contributed by atoms with Crippen LogP contribution in [0, 0.1) is 46.3 Å². The molecule has 4 fully saturated rings. The average molecular weight is 394 g/mol. The molecule has 0 aromatic heterocycles. The number of fused-ring (bicyclic) bond motifs is 5. The van der Waals surface area contributed by atoms with E-state index < -0.39 is 18.3 Å². The fourth-order valence-corrected chi connectivity index (χ4v) is 8.68. The minimum absolute atomic E-state index is 0.138. The molecule has 10 unspecified atom stereocenters. The molecule has 0 bridgehead atoms. The summed E-state index contributed by atoms with van der Waals surface area (Å²) in [4.78, 5) is 10.9. The highest BCUT2D eigenvalue weighted by atomic mass is 16.4. The van der Waals surface area contributed by atoms with Gasteiger partial charge in [-0.3, -0.25) is 0 Å². The van der Waals surface area contributed by atoms with Gasteiger partial charge < -0.3 is 20.6 Å². The van der Waals surface area contributed by atoms with E-state index in [1.165, 1.54) is 25.7 Å². The van der Waals surface area contributed by atoms with Crippen molar-refractivity contribution in [3.63, 3.8) is 0 Å². The Labute approximate surface area is 169 Å². The fourth-order valence-electron chi connectivity index (χ4n) is 8.68. The van der Waals surface area contributed by atoms with Crippen molar-refractivity contribution in [2.24, 2.45) is 46.3 Å². The maximum atomic E-state index is 11.2. The second-order valence-electron chi connectivity index (χ2n) is 11.0. The van der Waals surface area contributed by atoms with Gasteiger partial charge in [-0.15, -0.1) is 0 Å². The summed E-state index contributed by atoms with van der Waals surface area (Å²) in [5, 5.41) is 33.9. The third-order valence-electron chi connectivity index (χ3n) is 10.00. The van der Waals surface area contributed by atoms with Crippen molar-refractivity contribution < 1.29 is 20.1 Å². The van der Waals surface area contributed by atoms with Gasteiger partial charge >= 0.3 is 6.09 Å². The molecule has 10 atom stereocenters. The molecule has 0 aliphatic heterocycles. The molecule has 0 radical (unpaired) electrons. The van der Waals surface area contributed by atoms with E-state index in [2.05, 4.69) is 26.1 Å². The Morgan fingerprint density at radius 3 is 2.39 bits per heavy atom. The Morgan fingerprint density at radius 1 is 0.964 bits per heavy atom. The minimum atomic E-state index is -0.947. The lowest BCUT2D eigenvalue weighted by Crippen LogP contribution is -2.63. The molecule has 0 aromatic rings. The molecule has 28 heavy (non-hydrogen) atoms. The maximum absolute atomic E-state index is 11.2. The monoisotopic (exact) mass is 393 g/mol. The molecule has 4 aliphatic carbocycles. The third-order valence-corrected chi connectivity index (χ3v) is 10.00. The average Bonchev–Trinajstić information content (AvgIpc) is 3.01. The van der Waals surface area contributed by atoms with E-state index in [4.69, 9.17) is 5.11 Å². The van der Waals surface area contributed by atoms with Gasteiger partial charge in [0, 0.05) is 6.54 Å². The van der Waals surface area contributed by atoms with Crippen LogP contribution in [0.5, 0.6) is 0 Å². The molecule has 4 aliphatic rings. The van der Waals surface area contributed by atoms with Crippen LogP contribution in [0.25, 0.3) is 0 Å². The van der Waals surface area contributed by atoms with Gasteiger partial charge in [-0.25, -0.2) is 4.79 Å². The van der Waals surface area contributed by atoms with Crippen molar-refractivity contribution in [3.8, 4) is 0 Å². The van der Waals surface area contributed by atoms with Crippen LogP contribution in [0.2, 0.25) is 0 Å². The number of nitrogens with one attached hydrogen (secondary N) is 1. The summed E-state index contributed by atoms with van der Waals surface area (Å²) >= 11 is 0. The Balaban J connectivity index is 1.59. The molecule has 160 valence electrons. The number of hydrogen-bond acceptors (Lipinski definition) is 3. The number of hydrogen-bond donors (Lipinski definition) is 4. The zero-order valence-corrected chi connectivity index (χ0v) is 17.7. The third kappa shape index (κ3) is 2.91. The van der Waals surface area contributed by atoms with Crippen molar-refractivity contribution in [2.75, 3.05) is 6.54 Å². The van der Waals surface area contributed by atoms with Gasteiger partial charge in [0.2, 0.25) is 0 Å². The molecule has 0 aromatic carbocycles. The van der Waals surface area contributed by atoms with Crippen molar-refractivity contribution in [1.29, 1.82) is 0 Å². The van der Waals surface area contributed by atoms with E-state index in [1.54, 1.807) is 0 Å². The predicted octanol–water partition coefficient (Wildman–Crippen LogP) is 3.88. The maximum Gasteiger partial charge on any atom is 0.404 e. The number of rotatable bonds is 3. The van der Waals surface area contributed by atoms with Gasteiger partial charge in [-0.05, 0) is 84.9 Å². The van der Waals surface area contributed by atoms with Crippen LogP contribution in [0.4, 0.5) is 4.79 Å². The normalized spacial score (nSPS) is 51.5. The summed E-state index contributed by atoms with van der Waals surface area (Å²) in [6.07, 6.45) is 7.07. The summed E-state index contributed by atoms with van der Waals surface area (Å²) in [6, 6.07) is 0. The summed E-state index contributed by atoms with van der Waals surface area (Å²) in [5.74, 6) is 2.17. The van der Waals surface area contributed by atoms with Gasteiger partial charge in [0.25, 0.3) is 0 Å². The molecule has 0 saturated heterocycles. The SMILES string of the molecule is CC(CNC(=O)O)C1CCC2C3C(O)C(O)C4CCCCC4(C)C3CCC12C. The van der Waals surface area contributed by atoms with Crippen molar-refractivity contribution in [3.05, 3.63) is 0 Å². The first kappa shape index (κ1) is 20.5. The topological polar surface area (TPSA) is 89.8 Å². The van der Waals surface area contributed by atoms with E-state index >= 15 is 0 Å². The second kappa shape index (κ2) is 7.16. The van der Waals surface area contributed by atoms with Crippen LogP contribution in [0.3, 0.4) is 0 Å². The highest BCUT2D eigenvalue weighted by Gasteiger charge is 2.64. The van der Waals surface area contributed by atoms with Crippen LogP contribution in [-0.4, -0.2) is 40.2 Å². The van der Waals surface area contributed by atoms with Crippen LogP contribution in [-0.2, 0) is 0 Å². The molecular weight excluding hydrogens is 354 g/mol. The van der Waals surface area contributed by atoms with E-state index in [0.29, 0.717) is 30.2 Å². The van der Waals surface area contributed by atoms with Gasteiger partial charge in [0.1, 0.15) is 0 Å². The summed E-state index contributed by atoms with van der Waals surface area (Å²) < 4.78 is 0. The molecule has 4 rings (SSSR count). The van der Waals surface area contributed by atoms with Crippen LogP contribution < -0.4 is 5.32 Å². The Morgan fingerprint density at radius 2 is 1.68 bits per heavy atom. The zero-order chi connectivity index (χ0) is 20.3. The van der Waals surface area contributed by atoms with E-state index in [0.717, 1.165) is 25.7 Å². The number of carbonyl (C=O) groups is 1. The summed E-state index contributed by atoms with van der Waals surface area (Å²) in [7, 11) is 0. The van der Waals surface area contributed by atoms with Crippen LogP contribution in [0.1, 0.15) is 72.1 Å². The highest BCUT2D eigenvalue weighted by Crippen LogP contribution is 2.68. The minimum Gasteiger partial charge on any atom is -0.465 e. The van der Waals surface area contributed by atoms with E-state index in [-0.39, 0.29) is 22.7 Å². The smallest absolute Gasteiger partial charge is 0.404 e. The standard InChI is InChI=1S/C23H39NO4/c1-13(12-24-21(27)28)14-7-8-15-18-16(9-11-23(14,15)3)22(2)10-5-4-6-17(22)19(25)20(18)26/h13-20,24-26H,4-12H2,1-3H3,(H,27,28). The second-order valence-corrected chi connectivity index (χ2v) is 11.0. The van der Waals surface area contributed by atoms with E-state index in [1.807, 2.05) is 0 Å². The van der Waals surface area contributed by atoms with Crippen LogP contribution in [0.15, 0.2) is 0 Å². The molecule has 1 amide bonds. The number of aliphatic hydroxyl groups excluding tert-OH is 2. The lowest BCUT2D eigenvalue weighted by Gasteiger charge is -2.63. The molecule has 0 spiro atoms. The van der Waals surface area contributed by atoms with E-state index in [9.17, 15) is 15.0 Å². The Kier molecular flexibility index (Phi) is 5.23. The molecular formula is C23H39NO4. The van der Waals surface area contributed by atoms with Crippen molar-refractivity contribution in [2.45, 2.75) is 84.3 Å². The highest BCUT2D eigenvalue weighted by molar-refractivity contribution is 5.64. The number of aliphatic hydroxyl groups is 2. The Bertz CT molecular complexity index is 611. The summed E-state index contributed by atoms with van der Waals surface area (Å²) in [6.45, 7) is 7.46. The lowest BCUT2D eigenvalue weighted by atomic mass is 9.43. The first-order chi connectivity index (χ1) is 13.2. The quantitative estimate of drug-likeness (QED) is 0.586. The zero-order valence-electron chi connectivity index (χ0n) is 17.7. The lowest BCUT2D eigenvalue weighted by molar-refractivity contribution is -0.215. The molecule has 4 N–H and O–H groups in total. The Hall–Kier alpha value is -0.810.